The highest BCUT2D eigenvalue weighted by molar-refractivity contribution is 6.31. The number of aromatic nitrogens is 2. The number of rotatable bonds is 3. The molecule has 3 heterocycles. The number of carbonyl (C=O) groups is 1. The zero-order valence-corrected chi connectivity index (χ0v) is 18.6. The van der Waals surface area contributed by atoms with Crippen molar-refractivity contribution in [1.29, 1.82) is 0 Å². The molecule has 6 nitrogen and oxygen atoms in total. The van der Waals surface area contributed by atoms with Gasteiger partial charge in [-0.3, -0.25) is 9.69 Å². The lowest BCUT2D eigenvalue weighted by molar-refractivity contribution is 0.0585. The maximum atomic E-state index is 12.8. The number of nitrogens with zero attached hydrogens (tertiary/aromatic N) is 5. The van der Waals surface area contributed by atoms with Crippen LogP contribution in [-0.2, 0) is 0 Å². The third kappa shape index (κ3) is 4.20. The van der Waals surface area contributed by atoms with E-state index in [1.807, 2.05) is 23.1 Å². The summed E-state index contributed by atoms with van der Waals surface area (Å²) in [6.45, 7) is 5.15. The predicted molar refractivity (Wildman–Crippen MR) is 124 cm³/mol. The fraction of sp³-hybridized carbons (Fsp3) is 0.348. The van der Waals surface area contributed by atoms with Gasteiger partial charge in [0, 0.05) is 66.3 Å². The molecule has 3 aromatic rings. The summed E-state index contributed by atoms with van der Waals surface area (Å²) in [6.07, 6.45) is 2.70. The first kappa shape index (κ1) is 20.5. The van der Waals surface area contributed by atoms with Gasteiger partial charge >= 0.3 is 0 Å². The van der Waals surface area contributed by atoms with Crippen LogP contribution in [-0.4, -0.2) is 71.0 Å². The second kappa shape index (κ2) is 8.61. The largest absolute Gasteiger partial charge is 0.354 e. The quantitative estimate of drug-likeness (QED) is 0.597. The maximum absolute atomic E-state index is 12.8. The number of hydrogen-bond donors (Lipinski definition) is 0. The maximum Gasteiger partial charge on any atom is 0.253 e. The van der Waals surface area contributed by atoms with Crippen molar-refractivity contribution in [3.63, 3.8) is 0 Å². The van der Waals surface area contributed by atoms with Gasteiger partial charge in [-0.1, -0.05) is 23.2 Å². The standard InChI is InChI=1S/C23H23Cl2N5O/c24-17-3-1-16(2-4-17)23(31)29-11-9-28(10-12-29)19-7-8-30(14-19)22-20-6-5-18(25)13-21(20)26-15-27-22/h1-6,13,15,19H,7-12,14H2/t19-/m0/s1. The number of anilines is 1. The summed E-state index contributed by atoms with van der Waals surface area (Å²) in [6, 6.07) is 13.4. The minimum absolute atomic E-state index is 0.0791. The first-order chi connectivity index (χ1) is 15.1. The Morgan fingerprint density at radius 2 is 1.65 bits per heavy atom. The molecule has 0 bridgehead atoms. The van der Waals surface area contributed by atoms with Gasteiger partial charge in [0.25, 0.3) is 5.91 Å². The van der Waals surface area contributed by atoms with E-state index in [0.29, 0.717) is 21.7 Å². The highest BCUT2D eigenvalue weighted by Crippen LogP contribution is 2.29. The Balaban J connectivity index is 1.22. The first-order valence-corrected chi connectivity index (χ1v) is 11.3. The van der Waals surface area contributed by atoms with Crippen LogP contribution < -0.4 is 4.90 Å². The topological polar surface area (TPSA) is 52.6 Å². The number of hydrogen-bond acceptors (Lipinski definition) is 5. The van der Waals surface area contributed by atoms with E-state index >= 15 is 0 Å². The predicted octanol–water partition coefficient (Wildman–Crippen LogP) is 3.97. The SMILES string of the molecule is O=C(c1ccc(Cl)cc1)N1CCN([C@H]2CCN(c3ncnc4cc(Cl)ccc34)C2)CC1. The lowest BCUT2D eigenvalue weighted by atomic mass is 10.1. The van der Waals surface area contributed by atoms with Crippen LogP contribution in [0.1, 0.15) is 16.8 Å². The zero-order chi connectivity index (χ0) is 21.4. The van der Waals surface area contributed by atoms with Crippen molar-refractivity contribution in [1.82, 2.24) is 19.8 Å². The lowest BCUT2D eigenvalue weighted by Gasteiger charge is -2.38. The smallest absolute Gasteiger partial charge is 0.253 e. The van der Waals surface area contributed by atoms with Crippen molar-refractivity contribution in [3.05, 3.63) is 64.4 Å². The van der Waals surface area contributed by atoms with Gasteiger partial charge in [-0.05, 0) is 48.9 Å². The number of fused-ring (bicyclic) bond motifs is 1. The third-order valence-electron chi connectivity index (χ3n) is 6.25. The lowest BCUT2D eigenvalue weighted by Crippen LogP contribution is -2.52. The van der Waals surface area contributed by atoms with Crippen molar-refractivity contribution in [2.24, 2.45) is 0 Å². The number of amides is 1. The fourth-order valence-corrected chi connectivity index (χ4v) is 4.86. The third-order valence-corrected chi connectivity index (χ3v) is 6.74. The zero-order valence-electron chi connectivity index (χ0n) is 17.0. The van der Waals surface area contributed by atoms with Gasteiger partial charge < -0.3 is 9.80 Å². The molecular formula is C23H23Cl2N5O. The summed E-state index contributed by atoms with van der Waals surface area (Å²) in [7, 11) is 0. The summed E-state index contributed by atoms with van der Waals surface area (Å²) in [5.74, 6) is 1.05. The average Bonchev–Trinajstić information content (AvgIpc) is 3.29. The molecule has 1 atom stereocenters. The number of halogens is 2. The van der Waals surface area contributed by atoms with Crippen molar-refractivity contribution in [2.75, 3.05) is 44.2 Å². The van der Waals surface area contributed by atoms with Crippen molar-refractivity contribution in [2.45, 2.75) is 12.5 Å². The fourth-order valence-electron chi connectivity index (χ4n) is 4.57. The molecule has 0 unspecified atom stereocenters. The Labute approximate surface area is 191 Å². The van der Waals surface area contributed by atoms with Crippen LogP contribution in [0.25, 0.3) is 10.9 Å². The van der Waals surface area contributed by atoms with E-state index in [1.54, 1.807) is 30.6 Å². The number of carbonyl (C=O) groups excluding carboxylic acids is 1. The van der Waals surface area contributed by atoms with E-state index in [9.17, 15) is 4.79 Å². The van der Waals surface area contributed by atoms with Crippen LogP contribution in [0.15, 0.2) is 48.8 Å². The highest BCUT2D eigenvalue weighted by Gasteiger charge is 2.32. The number of piperazine rings is 1. The Hall–Kier alpha value is -2.41. The normalized spacial score (nSPS) is 19.9. The van der Waals surface area contributed by atoms with Gasteiger partial charge in [0.2, 0.25) is 0 Å². The van der Waals surface area contributed by atoms with E-state index in [1.165, 1.54) is 0 Å². The molecule has 160 valence electrons. The Morgan fingerprint density at radius 1 is 0.903 bits per heavy atom. The molecular weight excluding hydrogens is 433 g/mol. The Kier molecular flexibility index (Phi) is 5.69. The van der Waals surface area contributed by atoms with Crippen LogP contribution in [0.2, 0.25) is 10.0 Å². The molecule has 0 aliphatic carbocycles. The molecule has 2 aliphatic rings. The molecule has 0 radical (unpaired) electrons. The molecule has 2 aromatic carbocycles. The van der Waals surface area contributed by atoms with Gasteiger partial charge in [0.15, 0.2) is 0 Å². The van der Waals surface area contributed by atoms with Crippen LogP contribution in [0.3, 0.4) is 0 Å². The van der Waals surface area contributed by atoms with Crippen molar-refractivity contribution < 1.29 is 4.79 Å². The second-order valence-corrected chi connectivity index (χ2v) is 8.96. The van der Waals surface area contributed by atoms with Gasteiger partial charge in [-0.2, -0.15) is 0 Å². The van der Waals surface area contributed by atoms with Crippen LogP contribution in [0.4, 0.5) is 5.82 Å². The molecule has 0 spiro atoms. The van der Waals surface area contributed by atoms with E-state index in [0.717, 1.165) is 62.4 Å². The average molecular weight is 456 g/mol. The highest BCUT2D eigenvalue weighted by atomic mass is 35.5. The minimum Gasteiger partial charge on any atom is -0.354 e. The van der Waals surface area contributed by atoms with Gasteiger partial charge in [0.1, 0.15) is 12.1 Å². The summed E-state index contributed by atoms with van der Waals surface area (Å²) >= 11 is 12.1. The van der Waals surface area contributed by atoms with Crippen LogP contribution >= 0.6 is 23.2 Å². The van der Waals surface area contributed by atoms with Crippen molar-refractivity contribution in [3.8, 4) is 0 Å². The molecule has 31 heavy (non-hydrogen) atoms. The van der Waals surface area contributed by atoms with Crippen LogP contribution in [0, 0.1) is 0 Å². The molecule has 0 N–H and O–H groups in total. The van der Waals surface area contributed by atoms with E-state index in [-0.39, 0.29) is 5.91 Å². The molecule has 0 saturated carbocycles. The van der Waals surface area contributed by atoms with E-state index in [2.05, 4.69) is 19.8 Å². The van der Waals surface area contributed by atoms with E-state index in [4.69, 9.17) is 23.2 Å². The molecule has 2 saturated heterocycles. The minimum atomic E-state index is 0.0791. The van der Waals surface area contributed by atoms with Crippen LogP contribution in [0.5, 0.6) is 0 Å². The molecule has 5 rings (SSSR count). The first-order valence-electron chi connectivity index (χ1n) is 10.5. The van der Waals surface area contributed by atoms with Gasteiger partial charge in [-0.15, -0.1) is 0 Å². The molecule has 8 heteroatoms. The van der Waals surface area contributed by atoms with E-state index < -0.39 is 0 Å². The summed E-state index contributed by atoms with van der Waals surface area (Å²) in [5, 5.41) is 2.36. The Morgan fingerprint density at radius 3 is 2.42 bits per heavy atom. The van der Waals surface area contributed by atoms with Crippen molar-refractivity contribution >= 4 is 45.8 Å². The Bertz CT molecular complexity index is 1100. The summed E-state index contributed by atoms with van der Waals surface area (Å²) in [4.78, 5) is 28.5. The van der Waals surface area contributed by atoms with Gasteiger partial charge in [0.05, 0.1) is 5.52 Å². The van der Waals surface area contributed by atoms with Gasteiger partial charge in [-0.25, -0.2) is 9.97 Å². The molecule has 2 fully saturated rings. The number of benzene rings is 2. The molecule has 1 aromatic heterocycles. The molecule has 1 amide bonds. The molecule has 2 aliphatic heterocycles. The second-order valence-electron chi connectivity index (χ2n) is 8.08. The monoisotopic (exact) mass is 455 g/mol. The summed E-state index contributed by atoms with van der Waals surface area (Å²) < 4.78 is 0. The summed E-state index contributed by atoms with van der Waals surface area (Å²) in [5.41, 5.74) is 1.57.